The van der Waals surface area contributed by atoms with Gasteiger partial charge in [-0.3, -0.25) is 0 Å². The van der Waals surface area contributed by atoms with Gasteiger partial charge in [0.15, 0.2) is 0 Å². The van der Waals surface area contributed by atoms with E-state index in [-0.39, 0.29) is 5.25 Å². The molecule has 1 aromatic rings. The molecule has 0 spiro atoms. The summed E-state index contributed by atoms with van der Waals surface area (Å²) in [7, 11) is -0.966. The average molecular weight is 187 g/mol. The summed E-state index contributed by atoms with van der Waals surface area (Å²) in [4.78, 5) is 0. The van der Waals surface area contributed by atoms with Crippen LogP contribution in [0.1, 0.15) is 19.6 Å². The molecule has 0 saturated carbocycles. The normalized spacial score (nSPS) is 13.6. The molecular formula is C8H13NO2S. The second-order valence-electron chi connectivity index (χ2n) is 2.75. The first-order valence-corrected chi connectivity index (χ1v) is 5.08. The third-order valence-corrected chi connectivity index (χ3v) is 2.68. The lowest BCUT2D eigenvalue weighted by molar-refractivity contribution is 0.504. The fourth-order valence-electron chi connectivity index (χ4n) is 0.722. The summed E-state index contributed by atoms with van der Waals surface area (Å²) in [6.45, 7) is 4.34. The Bertz CT molecular complexity index is 244. The molecule has 0 fully saturated rings. The van der Waals surface area contributed by atoms with E-state index < -0.39 is 11.0 Å². The van der Waals surface area contributed by atoms with Crippen LogP contribution < -0.4 is 4.72 Å². The molecule has 3 nitrogen and oxygen atoms in total. The molecule has 4 heteroatoms. The summed E-state index contributed by atoms with van der Waals surface area (Å²) in [5.74, 6) is 0.809. The van der Waals surface area contributed by atoms with Crippen LogP contribution in [0, 0.1) is 0 Å². The van der Waals surface area contributed by atoms with Gasteiger partial charge >= 0.3 is 0 Å². The maximum absolute atomic E-state index is 11.2. The van der Waals surface area contributed by atoms with Crippen molar-refractivity contribution >= 4 is 11.0 Å². The van der Waals surface area contributed by atoms with Crippen LogP contribution in [0.2, 0.25) is 0 Å². The van der Waals surface area contributed by atoms with Gasteiger partial charge < -0.3 is 4.42 Å². The molecule has 68 valence electrons. The zero-order valence-electron chi connectivity index (χ0n) is 7.24. The third-order valence-electron chi connectivity index (χ3n) is 1.40. The summed E-state index contributed by atoms with van der Waals surface area (Å²) in [6, 6.07) is 3.67. The lowest BCUT2D eigenvalue weighted by atomic mass is 10.5. The number of furan rings is 1. The van der Waals surface area contributed by atoms with Crippen LogP contribution in [-0.4, -0.2) is 9.46 Å². The Morgan fingerprint density at radius 2 is 2.42 bits per heavy atom. The highest BCUT2D eigenvalue weighted by atomic mass is 32.2. The highest BCUT2D eigenvalue weighted by Crippen LogP contribution is 2.00. The fourth-order valence-corrected chi connectivity index (χ4v) is 1.34. The Hall–Kier alpha value is -0.610. The molecule has 1 unspecified atom stereocenters. The summed E-state index contributed by atoms with van der Waals surface area (Å²) in [5, 5.41) is 0.139. The molecule has 0 aliphatic rings. The maximum atomic E-state index is 11.2. The van der Waals surface area contributed by atoms with Crippen LogP contribution in [0.3, 0.4) is 0 Å². The van der Waals surface area contributed by atoms with E-state index in [0.717, 1.165) is 5.76 Å². The smallest absolute Gasteiger partial charge is 0.118 e. The van der Waals surface area contributed by atoms with Crippen LogP contribution in [0.25, 0.3) is 0 Å². The van der Waals surface area contributed by atoms with Crippen LogP contribution in [0.15, 0.2) is 22.8 Å². The third kappa shape index (κ3) is 2.79. The lowest BCUT2D eigenvalue weighted by Gasteiger charge is -2.04. The standard InChI is InChI=1S/C8H13NO2S/c1-7(2)12(10)9-6-8-4-3-5-11-8/h3-5,7,9H,6H2,1-2H3. The monoisotopic (exact) mass is 187 g/mol. The van der Waals surface area contributed by atoms with Crippen LogP contribution in [0.4, 0.5) is 0 Å². The van der Waals surface area contributed by atoms with Gasteiger partial charge in [-0.25, -0.2) is 8.93 Å². The molecule has 0 saturated heterocycles. The van der Waals surface area contributed by atoms with Crippen LogP contribution in [0.5, 0.6) is 0 Å². The first-order valence-electron chi connectivity index (χ1n) is 3.86. The van der Waals surface area contributed by atoms with E-state index in [1.54, 1.807) is 6.26 Å². The van der Waals surface area contributed by atoms with Crippen LogP contribution >= 0.6 is 0 Å². The number of rotatable bonds is 4. The van der Waals surface area contributed by atoms with Crippen molar-refractivity contribution in [2.24, 2.45) is 0 Å². The Labute approximate surface area is 74.7 Å². The van der Waals surface area contributed by atoms with E-state index >= 15 is 0 Å². The molecule has 1 rings (SSSR count). The van der Waals surface area contributed by atoms with Gasteiger partial charge in [0.2, 0.25) is 0 Å². The van der Waals surface area contributed by atoms with E-state index in [1.165, 1.54) is 0 Å². The Kier molecular flexibility index (Phi) is 3.49. The second kappa shape index (κ2) is 4.42. The van der Waals surface area contributed by atoms with E-state index in [4.69, 9.17) is 4.42 Å². The predicted molar refractivity (Wildman–Crippen MR) is 48.8 cm³/mol. The molecule has 1 heterocycles. The van der Waals surface area contributed by atoms with E-state index in [9.17, 15) is 4.21 Å². The largest absolute Gasteiger partial charge is 0.468 e. The Balaban J connectivity index is 2.32. The highest BCUT2D eigenvalue weighted by molar-refractivity contribution is 7.83. The second-order valence-corrected chi connectivity index (χ2v) is 4.57. The molecule has 1 atom stereocenters. The molecule has 1 N–H and O–H groups in total. The van der Waals surface area contributed by atoms with Crippen molar-refractivity contribution < 1.29 is 8.63 Å². The molecule has 1 aromatic heterocycles. The Morgan fingerprint density at radius 1 is 1.67 bits per heavy atom. The SMILES string of the molecule is CC(C)S(=O)NCc1ccco1. The van der Waals surface area contributed by atoms with E-state index in [0.29, 0.717) is 6.54 Å². The van der Waals surface area contributed by atoms with Gasteiger partial charge in [-0.1, -0.05) is 0 Å². The van der Waals surface area contributed by atoms with Gasteiger partial charge in [-0.05, 0) is 26.0 Å². The van der Waals surface area contributed by atoms with Crippen molar-refractivity contribution in [2.75, 3.05) is 0 Å². The van der Waals surface area contributed by atoms with Crippen molar-refractivity contribution in [1.29, 1.82) is 0 Å². The highest BCUT2D eigenvalue weighted by Gasteiger charge is 2.04. The summed E-state index contributed by atoms with van der Waals surface area (Å²) >= 11 is 0. The molecular weight excluding hydrogens is 174 g/mol. The van der Waals surface area contributed by atoms with Crippen molar-refractivity contribution in [3.8, 4) is 0 Å². The van der Waals surface area contributed by atoms with Gasteiger partial charge in [-0.15, -0.1) is 0 Å². The van der Waals surface area contributed by atoms with Gasteiger partial charge in [0.1, 0.15) is 5.76 Å². The predicted octanol–water partition coefficient (Wildman–Crippen LogP) is 1.44. The van der Waals surface area contributed by atoms with Crippen molar-refractivity contribution in [3.05, 3.63) is 24.2 Å². The van der Waals surface area contributed by atoms with Gasteiger partial charge in [0.05, 0.1) is 23.8 Å². The zero-order chi connectivity index (χ0) is 8.97. The van der Waals surface area contributed by atoms with Gasteiger partial charge in [-0.2, -0.15) is 0 Å². The minimum absolute atomic E-state index is 0.139. The minimum Gasteiger partial charge on any atom is -0.468 e. The molecule has 0 aromatic carbocycles. The van der Waals surface area contributed by atoms with Gasteiger partial charge in [0, 0.05) is 5.25 Å². The lowest BCUT2D eigenvalue weighted by Crippen LogP contribution is -2.23. The zero-order valence-corrected chi connectivity index (χ0v) is 8.06. The van der Waals surface area contributed by atoms with Gasteiger partial charge in [0.25, 0.3) is 0 Å². The fraction of sp³-hybridized carbons (Fsp3) is 0.500. The summed E-state index contributed by atoms with van der Waals surface area (Å²) in [5.41, 5.74) is 0. The summed E-state index contributed by atoms with van der Waals surface area (Å²) in [6.07, 6.45) is 1.61. The quantitative estimate of drug-likeness (QED) is 0.775. The maximum Gasteiger partial charge on any atom is 0.118 e. The van der Waals surface area contributed by atoms with Crippen molar-refractivity contribution in [2.45, 2.75) is 25.6 Å². The molecule has 0 aliphatic heterocycles. The summed E-state index contributed by atoms with van der Waals surface area (Å²) < 4.78 is 19.1. The molecule has 0 amide bonds. The number of hydrogen-bond acceptors (Lipinski definition) is 2. The molecule has 0 aliphatic carbocycles. The van der Waals surface area contributed by atoms with E-state index in [2.05, 4.69) is 4.72 Å². The Morgan fingerprint density at radius 3 is 2.92 bits per heavy atom. The molecule has 12 heavy (non-hydrogen) atoms. The van der Waals surface area contributed by atoms with Crippen LogP contribution in [-0.2, 0) is 17.5 Å². The van der Waals surface area contributed by atoms with Crippen molar-refractivity contribution in [1.82, 2.24) is 4.72 Å². The first-order chi connectivity index (χ1) is 5.70. The van der Waals surface area contributed by atoms with Crippen molar-refractivity contribution in [3.63, 3.8) is 0 Å². The first kappa shape index (κ1) is 9.48. The average Bonchev–Trinajstić information content (AvgIpc) is 2.51. The molecule has 0 radical (unpaired) electrons. The number of hydrogen-bond donors (Lipinski definition) is 1. The van der Waals surface area contributed by atoms with E-state index in [1.807, 2.05) is 26.0 Å². The molecule has 0 bridgehead atoms. The topological polar surface area (TPSA) is 42.2 Å². The number of nitrogens with one attached hydrogen (secondary N) is 1. The minimum atomic E-state index is -0.966.